The van der Waals surface area contributed by atoms with Crippen LogP contribution in [0.1, 0.15) is 42.9 Å². The van der Waals surface area contributed by atoms with Crippen molar-refractivity contribution in [1.82, 2.24) is 0 Å². The second-order valence-corrected chi connectivity index (χ2v) is 5.57. The molecule has 2 heteroatoms. The first-order valence-electron chi connectivity index (χ1n) is 7.62. The van der Waals surface area contributed by atoms with E-state index in [2.05, 4.69) is 24.3 Å². The topological polar surface area (TPSA) is 26.3 Å². The van der Waals surface area contributed by atoms with E-state index in [0.717, 1.165) is 30.4 Å². The minimum absolute atomic E-state index is 0.113. The number of hydrogen-bond acceptors (Lipinski definition) is 2. The molecule has 0 saturated carbocycles. The lowest BCUT2D eigenvalue weighted by molar-refractivity contribution is -0.156. The molecular weight excluding hydrogens is 260 g/mol. The second kappa shape index (κ2) is 5.72. The first-order chi connectivity index (χ1) is 10.3. The van der Waals surface area contributed by atoms with Crippen molar-refractivity contribution in [2.75, 3.05) is 0 Å². The molecule has 3 rings (SSSR count). The molecule has 0 spiro atoms. The first-order valence-corrected chi connectivity index (χ1v) is 7.62. The Balaban J connectivity index is 2.07. The lowest BCUT2D eigenvalue weighted by atomic mass is 9.87. The van der Waals surface area contributed by atoms with Crippen molar-refractivity contribution in [2.45, 2.75) is 38.2 Å². The van der Waals surface area contributed by atoms with Gasteiger partial charge in [-0.15, -0.1) is 0 Å². The third-order valence-electron chi connectivity index (χ3n) is 4.18. The predicted octanol–water partition coefficient (Wildman–Crippen LogP) is 4.22. The van der Waals surface area contributed by atoms with Crippen LogP contribution in [0, 0.1) is 0 Å². The lowest BCUT2D eigenvalue weighted by Gasteiger charge is -2.31. The molecule has 21 heavy (non-hydrogen) atoms. The molecule has 0 saturated heterocycles. The smallest absolute Gasteiger partial charge is 0.307 e. The van der Waals surface area contributed by atoms with Crippen LogP contribution in [0.4, 0.5) is 0 Å². The van der Waals surface area contributed by atoms with Crippen molar-refractivity contribution in [3.05, 3.63) is 71.3 Å². The monoisotopic (exact) mass is 280 g/mol. The summed E-state index contributed by atoms with van der Waals surface area (Å²) in [5.74, 6) is -0.113. The number of esters is 1. The van der Waals surface area contributed by atoms with Crippen molar-refractivity contribution in [3.63, 3.8) is 0 Å². The standard InChI is InChI=1S/C19H20O2/c1-2-8-18(20)21-19(16-10-4-3-5-11-16)14-13-15-9-6-7-12-17(15)19/h3-7,9-12H,2,8,13-14H2,1H3. The maximum Gasteiger partial charge on any atom is 0.307 e. The van der Waals surface area contributed by atoms with Crippen LogP contribution in [-0.2, 0) is 21.6 Å². The number of fused-ring (bicyclic) bond motifs is 1. The van der Waals surface area contributed by atoms with Crippen molar-refractivity contribution < 1.29 is 9.53 Å². The third-order valence-corrected chi connectivity index (χ3v) is 4.18. The van der Waals surface area contributed by atoms with Crippen LogP contribution in [0.25, 0.3) is 0 Å². The van der Waals surface area contributed by atoms with E-state index in [0.29, 0.717) is 6.42 Å². The fourth-order valence-corrected chi connectivity index (χ4v) is 3.20. The molecule has 0 N–H and O–H groups in total. The zero-order chi connectivity index (χ0) is 14.7. The Morgan fingerprint density at radius 3 is 2.57 bits per heavy atom. The Hall–Kier alpha value is -2.09. The van der Waals surface area contributed by atoms with Crippen LogP contribution in [0.2, 0.25) is 0 Å². The number of hydrogen-bond donors (Lipinski definition) is 0. The Morgan fingerprint density at radius 1 is 1.10 bits per heavy atom. The van der Waals surface area contributed by atoms with Gasteiger partial charge in [0.05, 0.1) is 0 Å². The van der Waals surface area contributed by atoms with Gasteiger partial charge in [-0.3, -0.25) is 4.79 Å². The zero-order valence-electron chi connectivity index (χ0n) is 12.3. The SMILES string of the molecule is CCCC(=O)OC1(c2ccccc2)CCc2ccccc21. The second-order valence-electron chi connectivity index (χ2n) is 5.57. The average Bonchev–Trinajstić information content (AvgIpc) is 2.89. The molecule has 0 aliphatic heterocycles. The average molecular weight is 280 g/mol. The highest BCUT2D eigenvalue weighted by molar-refractivity contribution is 5.71. The predicted molar refractivity (Wildman–Crippen MR) is 83.0 cm³/mol. The van der Waals surface area contributed by atoms with E-state index in [-0.39, 0.29) is 5.97 Å². The molecule has 0 radical (unpaired) electrons. The third kappa shape index (κ3) is 2.46. The Bertz CT molecular complexity index is 633. The summed E-state index contributed by atoms with van der Waals surface area (Å²) in [7, 11) is 0. The van der Waals surface area contributed by atoms with E-state index in [1.165, 1.54) is 5.56 Å². The van der Waals surface area contributed by atoms with Gasteiger partial charge >= 0.3 is 5.97 Å². The summed E-state index contributed by atoms with van der Waals surface area (Å²) in [4.78, 5) is 12.2. The number of rotatable bonds is 4. The van der Waals surface area contributed by atoms with Gasteiger partial charge in [-0.1, -0.05) is 61.5 Å². The molecule has 1 unspecified atom stereocenters. The molecule has 0 heterocycles. The van der Waals surface area contributed by atoms with Crippen LogP contribution in [0.15, 0.2) is 54.6 Å². The van der Waals surface area contributed by atoms with Crippen LogP contribution in [-0.4, -0.2) is 5.97 Å². The quantitative estimate of drug-likeness (QED) is 0.784. The molecule has 2 nitrogen and oxygen atoms in total. The summed E-state index contributed by atoms with van der Waals surface area (Å²) in [6.07, 6.45) is 3.05. The molecule has 108 valence electrons. The van der Waals surface area contributed by atoms with Gasteiger partial charge in [0.25, 0.3) is 0 Å². The molecule has 1 aliphatic carbocycles. The molecular formula is C19H20O2. The van der Waals surface area contributed by atoms with Crippen molar-refractivity contribution in [1.29, 1.82) is 0 Å². The molecule has 0 aromatic heterocycles. The maximum absolute atomic E-state index is 12.2. The zero-order valence-corrected chi connectivity index (χ0v) is 12.3. The van der Waals surface area contributed by atoms with E-state index < -0.39 is 5.60 Å². The van der Waals surface area contributed by atoms with Gasteiger partial charge in [-0.25, -0.2) is 0 Å². The van der Waals surface area contributed by atoms with Crippen molar-refractivity contribution in [2.24, 2.45) is 0 Å². The molecule has 0 amide bonds. The van der Waals surface area contributed by atoms with Gasteiger partial charge in [-0.05, 0) is 24.8 Å². The number of carbonyl (C=O) groups is 1. The fourth-order valence-electron chi connectivity index (χ4n) is 3.20. The largest absolute Gasteiger partial charge is 0.449 e. The van der Waals surface area contributed by atoms with Crippen LogP contribution in [0.3, 0.4) is 0 Å². The Morgan fingerprint density at radius 2 is 1.81 bits per heavy atom. The summed E-state index contributed by atoms with van der Waals surface area (Å²) in [5, 5.41) is 0. The Kier molecular flexibility index (Phi) is 3.78. The molecule has 0 fully saturated rings. The highest BCUT2D eigenvalue weighted by Gasteiger charge is 2.43. The number of benzene rings is 2. The van der Waals surface area contributed by atoms with Gasteiger partial charge in [0.15, 0.2) is 5.60 Å². The number of ether oxygens (including phenoxy) is 1. The first kappa shape index (κ1) is 13.9. The van der Waals surface area contributed by atoms with E-state index in [9.17, 15) is 4.79 Å². The van der Waals surface area contributed by atoms with Crippen LogP contribution < -0.4 is 0 Å². The van der Waals surface area contributed by atoms with Crippen molar-refractivity contribution >= 4 is 5.97 Å². The normalized spacial score (nSPS) is 20.0. The number of aryl methyl sites for hydroxylation is 1. The highest BCUT2D eigenvalue weighted by Crippen LogP contribution is 2.45. The van der Waals surface area contributed by atoms with Crippen LogP contribution >= 0.6 is 0 Å². The van der Waals surface area contributed by atoms with E-state index in [1.54, 1.807) is 0 Å². The maximum atomic E-state index is 12.2. The van der Waals surface area contributed by atoms with Gasteiger partial charge in [-0.2, -0.15) is 0 Å². The molecule has 0 bridgehead atoms. The van der Waals surface area contributed by atoms with Gasteiger partial charge in [0.1, 0.15) is 0 Å². The Labute approximate surface area is 125 Å². The number of carbonyl (C=O) groups excluding carboxylic acids is 1. The van der Waals surface area contributed by atoms with Crippen LogP contribution in [0.5, 0.6) is 0 Å². The fraction of sp³-hybridized carbons (Fsp3) is 0.316. The van der Waals surface area contributed by atoms with Gasteiger partial charge < -0.3 is 4.74 Å². The molecule has 2 aromatic carbocycles. The molecule has 1 aliphatic rings. The summed E-state index contributed by atoms with van der Waals surface area (Å²) >= 11 is 0. The van der Waals surface area contributed by atoms with Gasteiger partial charge in [0.2, 0.25) is 0 Å². The minimum Gasteiger partial charge on any atom is -0.449 e. The molecule has 2 aromatic rings. The summed E-state index contributed by atoms with van der Waals surface area (Å²) in [6, 6.07) is 18.4. The molecule has 1 atom stereocenters. The minimum atomic E-state index is -0.607. The summed E-state index contributed by atoms with van der Waals surface area (Å²) in [5.41, 5.74) is 2.88. The van der Waals surface area contributed by atoms with E-state index in [4.69, 9.17) is 4.74 Å². The van der Waals surface area contributed by atoms with Gasteiger partial charge in [0, 0.05) is 17.5 Å². The summed E-state index contributed by atoms with van der Waals surface area (Å²) in [6.45, 7) is 2.00. The highest BCUT2D eigenvalue weighted by atomic mass is 16.6. The summed E-state index contributed by atoms with van der Waals surface area (Å²) < 4.78 is 6.01. The lowest BCUT2D eigenvalue weighted by Crippen LogP contribution is -2.31. The van der Waals surface area contributed by atoms with E-state index >= 15 is 0 Å². The van der Waals surface area contributed by atoms with E-state index in [1.807, 2.05) is 37.3 Å². The van der Waals surface area contributed by atoms with Crippen molar-refractivity contribution in [3.8, 4) is 0 Å².